The van der Waals surface area contributed by atoms with Crippen LogP contribution < -0.4 is 0 Å². The Balaban J connectivity index is 2.68. The lowest BCUT2D eigenvalue weighted by atomic mass is 10.3. The Morgan fingerprint density at radius 3 is 2.79 bits per heavy atom. The van der Waals surface area contributed by atoms with Gasteiger partial charge in [0.2, 0.25) is 0 Å². The summed E-state index contributed by atoms with van der Waals surface area (Å²) in [6.07, 6.45) is -0.208. The normalized spacial score (nSPS) is 12.5. The van der Waals surface area contributed by atoms with E-state index in [4.69, 9.17) is 4.74 Å². The lowest BCUT2D eigenvalue weighted by Crippen LogP contribution is -2.14. The topological polar surface area (TPSA) is 46.5 Å². The van der Waals surface area contributed by atoms with Gasteiger partial charge >= 0.3 is 5.97 Å². The van der Waals surface area contributed by atoms with Crippen LogP contribution in [0.4, 0.5) is 0 Å². The van der Waals surface area contributed by atoms with Gasteiger partial charge in [-0.2, -0.15) is 0 Å². The predicted molar refractivity (Wildman–Crippen MR) is 55.3 cm³/mol. The lowest BCUT2D eigenvalue weighted by Gasteiger charge is -2.06. The van der Waals surface area contributed by atoms with E-state index in [1.165, 1.54) is 11.3 Å². The summed E-state index contributed by atoms with van der Waals surface area (Å²) in [5, 5.41) is 9.56. The minimum absolute atomic E-state index is 0.294. The van der Waals surface area contributed by atoms with Crippen molar-refractivity contribution in [2.75, 3.05) is 6.61 Å². The molecule has 1 aromatic heterocycles. The number of aryl methyl sites for hydroxylation is 1. The summed E-state index contributed by atoms with van der Waals surface area (Å²) in [6.45, 7) is 4.05. The molecule has 0 aliphatic rings. The third kappa shape index (κ3) is 2.56. The van der Waals surface area contributed by atoms with Crippen LogP contribution in [0.5, 0.6) is 0 Å². The van der Waals surface area contributed by atoms with Crippen LogP contribution in [0.15, 0.2) is 12.1 Å². The van der Waals surface area contributed by atoms with Crippen molar-refractivity contribution >= 4 is 17.3 Å². The number of aliphatic hydroxyl groups is 1. The number of carbonyl (C=O) groups excluding carboxylic acids is 1. The Hall–Kier alpha value is -0.870. The van der Waals surface area contributed by atoms with E-state index in [1.54, 1.807) is 13.0 Å². The van der Waals surface area contributed by atoms with Crippen LogP contribution in [0, 0.1) is 0 Å². The predicted octanol–water partition coefficient (Wildman–Crippen LogP) is 1.91. The maximum atomic E-state index is 11.2. The standard InChI is InChI=1S/C10H14O3S/c1-3-7-5-6-8(14-7)9(11)10(12)13-4-2/h5-6,9,11H,3-4H2,1-2H3/t9-/m0/s1. The first kappa shape index (κ1) is 11.2. The summed E-state index contributed by atoms with van der Waals surface area (Å²) in [7, 11) is 0. The molecule has 78 valence electrons. The molecule has 0 bridgehead atoms. The van der Waals surface area contributed by atoms with Crippen molar-refractivity contribution in [2.45, 2.75) is 26.4 Å². The molecule has 0 saturated heterocycles. The molecule has 4 heteroatoms. The van der Waals surface area contributed by atoms with Crippen LogP contribution in [-0.4, -0.2) is 17.7 Å². The van der Waals surface area contributed by atoms with Gasteiger partial charge in [-0.1, -0.05) is 6.92 Å². The molecule has 1 heterocycles. The van der Waals surface area contributed by atoms with E-state index in [-0.39, 0.29) is 0 Å². The molecule has 0 aliphatic heterocycles. The van der Waals surface area contributed by atoms with Gasteiger partial charge in [0.15, 0.2) is 6.10 Å². The first-order chi connectivity index (χ1) is 6.69. The smallest absolute Gasteiger partial charge is 0.340 e. The van der Waals surface area contributed by atoms with Gasteiger partial charge in [0.1, 0.15) is 0 Å². The molecule has 0 fully saturated rings. The van der Waals surface area contributed by atoms with Gasteiger partial charge in [0.25, 0.3) is 0 Å². The summed E-state index contributed by atoms with van der Waals surface area (Å²) in [4.78, 5) is 13.0. The highest BCUT2D eigenvalue weighted by molar-refractivity contribution is 7.12. The van der Waals surface area contributed by atoms with Crippen molar-refractivity contribution in [3.05, 3.63) is 21.9 Å². The van der Waals surface area contributed by atoms with E-state index in [9.17, 15) is 9.90 Å². The second-order valence-electron chi connectivity index (χ2n) is 2.81. The summed E-state index contributed by atoms with van der Waals surface area (Å²) in [5.41, 5.74) is 0. The SMILES string of the molecule is CCOC(=O)[C@@H](O)c1ccc(CC)s1. The van der Waals surface area contributed by atoms with E-state index in [0.717, 1.165) is 11.3 Å². The highest BCUT2D eigenvalue weighted by atomic mass is 32.1. The summed E-state index contributed by atoms with van der Waals surface area (Å²) >= 11 is 1.44. The van der Waals surface area contributed by atoms with E-state index in [0.29, 0.717) is 11.5 Å². The van der Waals surface area contributed by atoms with Gasteiger partial charge in [-0.25, -0.2) is 4.79 Å². The monoisotopic (exact) mass is 214 g/mol. The number of ether oxygens (including phenoxy) is 1. The Morgan fingerprint density at radius 1 is 1.57 bits per heavy atom. The molecule has 3 nitrogen and oxygen atoms in total. The maximum Gasteiger partial charge on any atom is 0.340 e. The highest BCUT2D eigenvalue weighted by Gasteiger charge is 2.19. The first-order valence-corrected chi connectivity index (χ1v) is 5.44. The van der Waals surface area contributed by atoms with Crippen LogP contribution in [-0.2, 0) is 16.0 Å². The molecule has 1 atom stereocenters. The van der Waals surface area contributed by atoms with Gasteiger partial charge in [0.05, 0.1) is 6.61 Å². The van der Waals surface area contributed by atoms with Crippen molar-refractivity contribution in [3.8, 4) is 0 Å². The van der Waals surface area contributed by atoms with E-state index in [2.05, 4.69) is 0 Å². The van der Waals surface area contributed by atoms with Gasteiger partial charge in [-0.15, -0.1) is 11.3 Å². The third-order valence-electron chi connectivity index (χ3n) is 1.81. The second kappa shape index (κ2) is 5.12. The summed E-state index contributed by atoms with van der Waals surface area (Å²) < 4.78 is 4.72. The first-order valence-electron chi connectivity index (χ1n) is 4.62. The molecule has 0 spiro atoms. The van der Waals surface area contributed by atoms with Crippen LogP contribution in [0.25, 0.3) is 0 Å². The Morgan fingerprint density at radius 2 is 2.29 bits per heavy atom. The van der Waals surface area contributed by atoms with Crippen molar-refractivity contribution in [1.82, 2.24) is 0 Å². The quantitative estimate of drug-likeness (QED) is 0.779. The molecule has 1 rings (SSSR count). The number of esters is 1. The van der Waals surface area contributed by atoms with Crippen molar-refractivity contribution < 1.29 is 14.6 Å². The number of rotatable bonds is 4. The van der Waals surface area contributed by atoms with Gasteiger partial charge in [-0.3, -0.25) is 0 Å². The number of thiophene rings is 1. The number of hydrogen-bond donors (Lipinski definition) is 1. The van der Waals surface area contributed by atoms with Crippen LogP contribution in [0.3, 0.4) is 0 Å². The summed E-state index contributed by atoms with van der Waals surface area (Å²) in [5.74, 6) is -0.572. The average Bonchev–Trinajstić information content (AvgIpc) is 2.65. The Kier molecular flexibility index (Phi) is 4.10. The molecule has 1 N–H and O–H groups in total. The molecule has 0 aromatic carbocycles. The van der Waals surface area contributed by atoms with Gasteiger partial charge < -0.3 is 9.84 Å². The summed E-state index contributed by atoms with van der Waals surface area (Å²) in [6, 6.07) is 3.69. The fraction of sp³-hybridized carbons (Fsp3) is 0.500. The van der Waals surface area contributed by atoms with Crippen LogP contribution in [0.2, 0.25) is 0 Å². The minimum atomic E-state index is -1.12. The number of carbonyl (C=O) groups is 1. The molecule has 0 aliphatic carbocycles. The van der Waals surface area contributed by atoms with E-state index >= 15 is 0 Å². The molecule has 1 aromatic rings. The third-order valence-corrected chi connectivity index (χ3v) is 3.09. The van der Waals surface area contributed by atoms with Crippen LogP contribution >= 0.6 is 11.3 Å². The van der Waals surface area contributed by atoms with Crippen LogP contribution in [0.1, 0.15) is 29.7 Å². The minimum Gasteiger partial charge on any atom is -0.464 e. The lowest BCUT2D eigenvalue weighted by molar-refractivity contribution is -0.153. The molecule has 0 unspecified atom stereocenters. The fourth-order valence-electron chi connectivity index (χ4n) is 1.07. The van der Waals surface area contributed by atoms with E-state index in [1.807, 2.05) is 13.0 Å². The zero-order chi connectivity index (χ0) is 10.6. The zero-order valence-electron chi connectivity index (χ0n) is 8.32. The molecular formula is C10H14O3S. The number of hydrogen-bond acceptors (Lipinski definition) is 4. The highest BCUT2D eigenvalue weighted by Crippen LogP contribution is 2.24. The van der Waals surface area contributed by atoms with Gasteiger partial charge in [-0.05, 0) is 25.5 Å². The molecular weight excluding hydrogens is 200 g/mol. The fourth-order valence-corrected chi connectivity index (χ4v) is 2.00. The van der Waals surface area contributed by atoms with Crippen molar-refractivity contribution in [1.29, 1.82) is 0 Å². The molecule has 0 amide bonds. The van der Waals surface area contributed by atoms with Crippen molar-refractivity contribution in [2.24, 2.45) is 0 Å². The number of aliphatic hydroxyl groups excluding tert-OH is 1. The van der Waals surface area contributed by atoms with E-state index < -0.39 is 12.1 Å². The molecule has 0 saturated carbocycles. The average molecular weight is 214 g/mol. The van der Waals surface area contributed by atoms with Crippen molar-refractivity contribution in [3.63, 3.8) is 0 Å². The second-order valence-corrected chi connectivity index (χ2v) is 4.01. The largest absolute Gasteiger partial charge is 0.464 e. The Bertz CT molecular complexity index is 306. The Labute approximate surface area is 87.3 Å². The maximum absolute atomic E-state index is 11.2. The van der Waals surface area contributed by atoms with Gasteiger partial charge in [0, 0.05) is 9.75 Å². The molecule has 0 radical (unpaired) electrons. The molecule has 14 heavy (non-hydrogen) atoms. The zero-order valence-corrected chi connectivity index (χ0v) is 9.13.